The van der Waals surface area contributed by atoms with Gasteiger partial charge in [0.1, 0.15) is 0 Å². The van der Waals surface area contributed by atoms with Gasteiger partial charge in [0.25, 0.3) is 0 Å². The Kier molecular flexibility index (Phi) is 7.93. The summed E-state index contributed by atoms with van der Waals surface area (Å²) in [6, 6.07) is 0. The first-order valence-corrected chi connectivity index (χ1v) is 9.56. The Hall–Kier alpha value is -0.890. The molecule has 7 heteroatoms. The van der Waals surface area contributed by atoms with Crippen molar-refractivity contribution in [3.63, 3.8) is 0 Å². The summed E-state index contributed by atoms with van der Waals surface area (Å²) in [7, 11) is 1.83. The van der Waals surface area contributed by atoms with Crippen molar-refractivity contribution in [2.24, 2.45) is 4.99 Å². The number of ether oxygens (including phenoxy) is 2. The van der Waals surface area contributed by atoms with E-state index in [4.69, 9.17) is 9.47 Å². The molecule has 2 N–H and O–H groups in total. The van der Waals surface area contributed by atoms with Crippen LogP contribution in [-0.2, 0) is 9.47 Å². The van der Waals surface area contributed by atoms with E-state index in [1.807, 2.05) is 7.05 Å². The average molecular weight is 356 g/mol. The van der Waals surface area contributed by atoms with E-state index in [0.29, 0.717) is 0 Å². The normalized spacial score (nSPS) is 27.3. The number of nitrogens with one attached hydrogen (secondary N) is 2. The molecule has 2 aliphatic rings. The minimum atomic E-state index is 0.0497. The predicted molar refractivity (Wildman–Crippen MR) is 102 cm³/mol. The lowest BCUT2D eigenvalue weighted by Crippen LogP contribution is -2.59. The Morgan fingerprint density at radius 3 is 2.36 bits per heavy atom. The zero-order valence-electron chi connectivity index (χ0n) is 16.7. The largest absolute Gasteiger partial charge is 0.379 e. The summed E-state index contributed by atoms with van der Waals surface area (Å²) in [6.07, 6.45) is 0.572. The fraction of sp³-hybridized carbons (Fsp3) is 0.944. The molecule has 7 nitrogen and oxygen atoms in total. The van der Waals surface area contributed by atoms with E-state index in [9.17, 15) is 0 Å². The summed E-state index contributed by atoms with van der Waals surface area (Å²) < 4.78 is 11.2. The highest BCUT2D eigenvalue weighted by Gasteiger charge is 2.33. The van der Waals surface area contributed by atoms with Crippen molar-refractivity contribution in [3.05, 3.63) is 0 Å². The number of rotatable bonds is 6. The van der Waals surface area contributed by atoms with E-state index in [-0.39, 0.29) is 17.7 Å². The van der Waals surface area contributed by atoms with E-state index < -0.39 is 0 Å². The van der Waals surface area contributed by atoms with Crippen LogP contribution in [0.1, 0.15) is 27.7 Å². The van der Waals surface area contributed by atoms with Crippen LogP contribution in [0.15, 0.2) is 4.99 Å². The molecule has 2 fully saturated rings. The molecule has 0 spiro atoms. The van der Waals surface area contributed by atoms with Crippen LogP contribution in [0.5, 0.6) is 0 Å². The van der Waals surface area contributed by atoms with Crippen LogP contribution in [0, 0.1) is 0 Å². The van der Waals surface area contributed by atoms with E-state index >= 15 is 0 Å². The molecule has 2 aliphatic heterocycles. The summed E-state index contributed by atoms with van der Waals surface area (Å²) in [5.74, 6) is 0.871. The number of guanidine groups is 1. The van der Waals surface area contributed by atoms with Gasteiger partial charge in [0, 0.05) is 58.4 Å². The molecule has 146 valence electrons. The molecule has 2 unspecified atom stereocenters. The number of morpholine rings is 2. The molecular weight excluding hydrogens is 318 g/mol. The highest BCUT2D eigenvalue weighted by Crippen LogP contribution is 2.20. The number of nitrogens with zero attached hydrogens (tertiary/aromatic N) is 3. The van der Waals surface area contributed by atoms with Crippen molar-refractivity contribution in [3.8, 4) is 0 Å². The standard InChI is InChI=1S/C18H37N5O2/c1-15-12-23(13-16(2)25-15)18(3,4)14-21-17(19-5)20-6-7-22-8-10-24-11-9-22/h15-16H,6-14H2,1-5H3,(H2,19,20,21). The third kappa shape index (κ3) is 6.73. The quantitative estimate of drug-likeness (QED) is 0.530. The second-order valence-corrected chi connectivity index (χ2v) is 7.78. The lowest BCUT2D eigenvalue weighted by Gasteiger charge is -2.45. The number of hydrogen-bond donors (Lipinski definition) is 2. The van der Waals surface area contributed by atoms with Crippen LogP contribution in [-0.4, -0.2) is 99.6 Å². The van der Waals surface area contributed by atoms with Gasteiger partial charge in [-0.1, -0.05) is 0 Å². The molecule has 0 bridgehead atoms. The lowest BCUT2D eigenvalue weighted by molar-refractivity contribution is -0.0946. The summed E-state index contributed by atoms with van der Waals surface area (Å²) in [6.45, 7) is 17.3. The van der Waals surface area contributed by atoms with Crippen LogP contribution in [0.2, 0.25) is 0 Å². The molecule has 25 heavy (non-hydrogen) atoms. The second kappa shape index (κ2) is 9.71. The molecule has 0 aromatic heterocycles. The van der Waals surface area contributed by atoms with Gasteiger partial charge in [-0.3, -0.25) is 14.8 Å². The molecule has 0 aromatic carbocycles. The lowest BCUT2D eigenvalue weighted by atomic mass is 10.00. The molecule has 0 aliphatic carbocycles. The van der Waals surface area contributed by atoms with Gasteiger partial charge in [0.2, 0.25) is 0 Å². The van der Waals surface area contributed by atoms with Gasteiger partial charge in [-0.2, -0.15) is 0 Å². The monoisotopic (exact) mass is 355 g/mol. The maximum Gasteiger partial charge on any atom is 0.191 e. The highest BCUT2D eigenvalue weighted by atomic mass is 16.5. The van der Waals surface area contributed by atoms with Crippen molar-refractivity contribution < 1.29 is 9.47 Å². The molecule has 2 atom stereocenters. The van der Waals surface area contributed by atoms with E-state index in [2.05, 4.69) is 53.1 Å². The molecular formula is C18H37N5O2. The van der Waals surface area contributed by atoms with Crippen LogP contribution >= 0.6 is 0 Å². The Morgan fingerprint density at radius 2 is 1.76 bits per heavy atom. The van der Waals surface area contributed by atoms with E-state index in [1.54, 1.807) is 0 Å². The molecule has 2 saturated heterocycles. The summed E-state index contributed by atoms with van der Waals surface area (Å²) in [5.41, 5.74) is 0.0497. The molecule has 0 aromatic rings. The van der Waals surface area contributed by atoms with Crippen molar-refractivity contribution in [2.45, 2.75) is 45.4 Å². The smallest absolute Gasteiger partial charge is 0.191 e. The molecule has 2 rings (SSSR count). The van der Waals surface area contributed by atoms with Crippen molar-refractivity contribution in [1.82, 2.24) is 20.4 Å². The first-order chi connectivity index (χ1) is 11.9. The zero-order valence-corrected chi connectivity index (χ0v) is 16.7. The molecule has 0 saturated carbocycles. The van der Waals surface area contributed by atoms with Crippen LogP contribution in [0.25, 0.3) is 0 Å². The third-order valence-electron chi connectivity index (χ3n) is 5.01. The van der Waals surface area contributed by atoms with Crippen LogP contribution in [0.3, 0.4) is 0 Å². The summed E-state index contributed by atoms with van der Waals surface area (Å²) >= 11 is 0. The molecule has 0 amide bonds. The first-order valence-electron chi connectivity index (χ1n) is 9.56. The van der Waals surface area contributed by atoms with Gasteiger partial charge >= 0.3 is 0 Å². The minimum absolute atomic E-state index is 0.0497. The fourth-order valence-corrected chi connectivity index (χ4v) is 3.46. The topological polar surface area (TPSA) is 61.4 Å². The maximum atomic E-state index is 5.86. The van der Waals surface area contributed by atoms with Crippen molar-refractivity contribution in [2.75, 3.05) is 66.1 Å². The highest BCUT2D eigenvalue weighted by molar-refractivity contribution is 5.79. The van der Waals surface area contributed by atoms with Gasteiger partial charge in [-0.15, -0.1) is 0 Å². The SMILES string of the molecule is CN=C(NCCN1CCOCC1)NCC(C)(C)N1CC(C)OC(C)C1. The fourth-order valence-electron chi connectivity index (χ4n) is 3.46. The van der Waals surface area contributed by atoms with E-state index in [1.165, 1.54) is 0 Å². The Morgan fingerprint density at radius 1 is 1.12 bits per heavy atom. The summed E-state index contributed by atoms with van der Waals surface area (Å²) in [4.78, 5) is 9.29. The average Bonchev–Trinajstić information content (AvgIpc) is 2.58. The van der Waals surface area contributed by atoms with Gasteiger partial charge in [-0.25, -0.2) is 0 Å². The van der Waals surface area contributed by atoms with Crippen molar-refractivity contribution in [1.29, 1.82) is 0 Å². The Labute approximate surface area is 153 Å². The summed E-state index contributed by atoms with van der Waals surface area (Å²) in [5, 5.41) is 6.91. The minimum Gasteiger partial charge on any atom is -0.379 e. The number of hydrogen-bond acceptors (Lipinski definition) is 5. The van der Waals surface area contributed by atoms with Gasteiger partial charge < -0.3 is 20.1 Å². The van der Waals surface area contributed by atoms with Gasteiger partial charge in [0.15, 0.2) is 5.96 Å². The third-order valence-corrected chi connectivity index (χ3v) is 5.01. The Bertz CT molecular complexity index is 414. The van der Waals surface area contributed by atoms with Gasteiger partial charge in [-0.05, 0) is 27.7 Å². The zero-order chi connectivity index (χ0) is 18.3. The Balaban J connectivity index is 1.73. The maximum absolute atomic E-state index is 5.86. The van der Waals surface area contributed by atoms with Crippen LogP contribution in [0.4, 0.5) is 0 Å². The second-order valence-electron chi connectivity index (χ2n) is 7.78. The van der Waals surface area contributed by atoms with Crippen LogP contribution < -0.4 is 10.6 Å². The van der Waals surface area contributed by atoms with Crippen molar-refractivity contribution >= 4 is 5.96 Å². The van der Waals surface area contributed by atoms with Gasteiger partial charge in [0.05, 0.1) is 25.4 Å². The molecule has 2 heterocycles. The first kappa shape index (κ1) is 20.4. The molecule has 0 radical (unpaired) electrons. The predicted octanol–water partition coefficient (Wildman–Crippen LogP) is 0.371. The number of aliphatic imine (C=N–C) groups is 1. The van der Waals surface area contributed by atoms with E-state index in [0.717, 1.165) is 65.0 Å².